The van der Waals surface area contributed by atoms with Crippen LogP contribution in [0.3, 0.4) is 0 Å². The molecular formula is C30H31F4N5O2. The summed E-state index contributed by atoms with van der Waals surface area (Å²) in [7, 11) is 0. The number of piperazine rings is 1. The van der Waals surface area contributed by atoms with Crippen LogP contribution in [-0.2, 0) is 6.54 Å². The average Bonchev–Trinajstić information content (AvgIpc) is 3.21. The van der Waals surface area contributed by atoms with Crippen LogP contribution in [0.25, 0.3) is 5.65 Å². The van der Waals surface area contributed by atoms with Gasteiger partial charge in [-0.25, -0.2) is 9.37 Å². The Morgan fingerprint density at radius 3 is 2.44 bits per heavy atom. The fourth-order valence-corrected chi connectivity index (χ4v) is 5.39. The first kappa shape index (κ1) is 28.3. The van der Waals surface area contributed by atoms with E-state index in [2.05, 4.69) is 19.9 Å². The van der Waals surface area contributed by atoms with Gasteiger partial charge in [0.15, 0.2) is 0 Å². The minimum atomic E-state index is -4.75. The Kier molecular flexibility index (Phi) is 7.31. The minimum Gasteiger partial charge on any atom is -0.406 e. The van der Waals surface area contributed by atoms with Crippen LogP contribution in [0.2, 0.25) is 0 Å². The molecule has 0 saturated carbocycles. The summed E-state index contributed by atoms with van der Waals surface area (Å²) < 4.78 is 58.5. The Labute approximate surface area is 235 Å². The van der Waals surface area contributed by atoms with E-state index in [1.807, 2.05) is 44.0 Å². The zero-order valence-corrected chi connectivity index (χ0v) is 23.2. The molecule has 1 saturated heterocycles. The quantitative estimate of drug-likeness (QED) is 0.288. The minimum absolute atomic E-state index is 0.155. The van der Waals surface area contributed by atoms with E-state index in [0.717, 1.165) is 11.3 Å². The number of aromatic nitrogens is 2. The standard InChI is InChI=1S/C30H31F4N5O2/c1-19-11-12-38-26(15-19)36-20(2)27(38)28(40)35-17-21-5-10-25(24(31)16-21)37-13-14-39(29(3,4)18-37)22-6-8-23(9-7-22)41-30(32,33)34/h5-12,15-16H,13-14,17-18H2,1-4H3,(H,35,40). The molecule has 41 heavy (non-hydrogen) atoms. The van der Waals surface area contributed by atoms with Crippen LogP contribution < -0.4 is 19.9 Å². The first-order valence-electron chi connectivity index (χ1n) is 13.2. The summed E-state index contributed by atoms with van der Waals surface area (Å²) in [6.07, 6.45) is -2.93. The van der Waals surface area contributed by atoms with Gasteiger partial charge in [-0.3, -0.25) is 9.20 Å². The van der Waals surface area contributed by atoms with Gasteiger partial charge in [-0.15, -0.1) is 13.2 Å². The highest BCUT2D eigenvalue weighted by Crippen LogP contribution is 2.33. The number of rotatable bonds is 6. The van der Waals surface area contributed by atoms with Crippen LogP contribution in [0.4, 0.5) is 28.9 Å². The summed E-state index contributed by atoms with van der Waals surface area (Å²) in [5.41, 5.74) is 4.19. The molecule has 0 atom stereocenters. The molecule has 7 nitrogen and oxygen atoms in total. The number of imidazole rings is 1. The highest BCUT2D eigenvalue weighted by molar-refractivity contribution is 5.94. The third-order valence-corrected chi connectivity index (χ3v) is 7.26. The monoisotopic (exact) mass is 569 g/mol. The molecule has 1 aliphatic rings. The van der Waals surface area contributed by atoms with E-state index < -0.39 is 17.7 Å². The van der Waals surface area contributed by atoms with E-state index in [1.165, 1.54) is 18.2 Å². The summed E-state index contributed by atoms with van der Waals surface area (Å²) in [6, 6.07) is 14.5. The van der Waals surface area contributed by atoms with Gasteiger partial charge < -0.3 is 19.9 Å². The van der Waals surface area contributed by atoms with Crippen LogP contribution in [0, 0.1) is 19.7 Å². The predicted octanol–water partition coefficient (Wildman–Crippen LogP) is 6.02. The number of nitrogens with one attached hydrogen (secondary N) is 1. The van der Waals surface area contributed by atoms with Gasteiger partial charge in [0, 0.05) is 38.1 Å². The van der Waals surface area contributed by atoms with Gasteiger partial charge in [0.25, 0.3) is 5.91 Å². The lowest BCUT2D eigenvalue weighted by Crippen LogP contribution is -2.60. The second-order valence-corrected chi connectivity index (χ2v) is 10.9. The number of anilines is 2. The van der Waals surface area contributed by atoms with Crippen molar-refractivity contribution in [2.75, 3.05) is 29.4 Å². The van der Waals surface area contributed by atoms with E-state index in [-0.39, 0.29) is 18.2 Å². The van der Waals surface area contributed by atoms with E-state index in [1.54, 1.807) is 35.6 Å². The topological polar surface area (TPSA) is 62.1 Å². The Hall–Kier alpha value is -4.28. The molecule has 11 heteroatoms. The van der Waals surface area contributed by atoms with Crippen molar-refractivity contribution in [1.82, 2.24) is 14.7 Å². The van der Waals surface area contributed by atoms with Crippen molar-refractivity contribution >= 4 is 22.9 Å². The number of aryl methyl sites for hydroxylation is 2. The van der Waals surface area contributed by atoms with Crippen LogP contribution in [0.5, 0.6) is 5.75 Å². The molecule has 3 heterocycles. The molecule has 1 fully saturated rings. The Morgan fingerprint density at radius 2 is 1.78 bits per heavy atom. The maximum atomic E-state index is 15.3. The van der Waals surface area contributed by atoms with Crippen molar-refractivity contribution in [3.8, 4) is 5.75 Å². The van der Waals surface area contributed by atoms with Crippen LogP contribution >= 0.6 is 0 Å². The molecule has 0 unspecified atom stereocenters. The number of pyridine rings is 1. The Bertz CT molecular complexity index is 1580. The predicted molar refractivity (Wildman–Crippen MR) is 149 cm³/mol. The van der Waals surface area contributed by atoms with Crippen molar-refractivity contribution in [1.29, 1.82) is 0 Å². The zero-order chi connectivity index (χ0) is 29.5. The van der Waals surface area contributed by atoms with Crippen molar-refractivity contribution in [2.24, 2.45) is 0 Å². The van der Waals surface area contributed by atoms with Crippen LogP contribution in [0.15, 0.2) is 60.8 Å². The molecule has 2 aromatic heterocycles. The van der Waals surface area contributed by atoms with Gasteiger partial charge in [-0.2, -0.15) is 0 Å². The van der Waals surface area contributed by atoms with E-state index >= 15 is 4.39 Å². The zero-order valence-electron chi connectivity index (χ0n) is 23.2. The highest BCUT2D eigenvalue weighted by Gasteiger charge is 2.35. The second-order valence-electron chi connectivity index (χ2n) is 10.9. The van der Waals surface area contributed by atoms with Gasteiger partial charge in [0.05, 0.1) is 16.9 Å². The number of benzene rings is 2. The van der Waals surface area contributed by atoms with Gasteiger partial charge in [-0.05, 0) is 87.4 Å². The van der Waals surface area contributed by atoms with Crippen LogP contribution in [-0.4, -0.2) is 46.8 Å². The van der Waals surface area contributed by atoms with E-state index in [9.17, 15) is 18.0 Å². The normalized spacial score (nSPS) is 15.3. The lowest BCUT2D eigenvalue weighted by Gasteiger charge is -2.49. The SMILES string of the molecule is Cc1ccn2c(C(=O)NCc3ccc(N4CCN(c5ccc(OC(F)(F)F)cc5)C(C)(C)C4)c(F)c3)c(C)nc2c1. The summed E-state index contributed by atoms with van der Waals surface area (Å²) in [4.78, 5) is 21.5. The van der Waals surface area contributed by atoms with E-state index in [0.29, 0.717) is 47.9 Å². The number of hydrogen-bond donors (Lipinski definition) is 1. The molecule has 1 N–H and O–H groups in total. The molecule has 216 valence electrons. The number of nitrogens with zero attached hydrogens (tertiary/aromatic N) is 4. The molecule has 0 bridgehead atoms. The third kappa shape index (κ3) is 6.08. The summed E-state index contributed by atoms with van der Waals surface area (Å²) in [5, 5.41) is 2.87. The number of alkyl halides is 3. The molecule has 1 aliphatic heterocycles. The number of ether oxygens (including phenoxy) is 1. The summed E-state index contributed by atoms with van der Waals surface area (Å²) in [6.45, 7) is 9.46. The third-order valence-electron chi connectivity index (χ3n) is 7.26. The fraction of sp³-hybridized carbons (Fsp3) is 0.333. The van der Waals surface area contributed by atoms with Crippen molar-refractivity contribution < 1.29 is 27.1 Å². The van der Waals surface area contributed by atoms with Gasteiger partial charge in [0.1, 0.15) is 22.9 Å². The number of carbonyl (C=O) groups excluding carboxylic acids is 1. The summed E-state index contributed by atoms with van der Waals surface area (Å²) in [5.74, 6) is -0.963. The van der Waals surface area contributed by atoms with Crippen molar-refractivity contribution in [3.05, 3.63) is 89.1 Å². The number of halogens is 4. The van der Waals surface area contributed by atoms with Crippen molar-refractivity contribution in [2.45, 2.75) is 46.1 Å². The second kappa shape index (κ2) is 10.6. The van der Waals surface area contributed by atoms with Crippen LogP contribution in [0.1, 0.15) is 41.2 Å². The average molecular weight is 570 g/mol. The number of amides is 1. The molecule has 0 spiro atoms. The van der Waals surface area contributed by atoms with E-state index in [4.69, 9.17) is 0 Å². The molecule has 1 amide bonds. The highest BCUT2D eigenvalue weighted by atomic mass is 19.4. The number of hydrogen-bond acceptors (Lipinski definition) is 5. The van der Waals surface area contributed by atoms with Crippen molar-refractivity contribution in [3.63, 3.8) is 0 Å². The maximum absolute atomic E-state index is 15.3. The Balaban J connectivity index is 1.24. The van der Waals surface area contributed by atoms with Gasteiger partial charge in [0.2, 0.25) is 0 Å². The molecule has 2 aromatic carbocycles. The molecule has 4 aromatic rings. The summed E-state index contributed by atoms with van der Waals surface area (Å²) >= 11 is 0. The number of carbonyl (C=O) groups is 1. The Morgan fingerprint density at radius 1 is 1.05 bits per heavy atom. The molecule has 0 aliphatic carbocycles. The molecule has 5 rings (SSSR count). The first-order chi connectivity index (χ1) is 19.3. The first-order valence-corrected chi connectivity index (χ1v) is 13.2. The molecule has 0 radical (unpaired) electrons. The van der Waals surface area contributed by atoms with Gasteiger partial charge >= 0.3 is 6.36 Å². The fourth-order valence-electron chi connectivity index (χ4n) is 5.39. The molecular weight excluding hydrogens is 538 g/mol. The smallest absolute Gasteiger partial charge is 0.406 e. The number of fused-ring (bicyclic) bond motifs is 1. The largest absolute Gasteiger partial charge is 0.573 e. The lowest BCUT2D eigenvalue weighted by atomic mass is 9.97. The van der Waals surface area contributed by atoms with Gasteiger partial charge in [-0.1, -0.05) is 6.07 Å². The lowest BCUT2D eigenvalue weighted by molar-refractivity contribution is -0.274. The maximum Gasteiger partial charge on any atom is 0.573 e.